The van der Waals surface area contributed by atoms with Crippen LogP contribution in [-0.4, -0.2) is 9.85 Å². The smallest absolute Gasteiger partial charge is 0.280 e. The molecule has 0 aromatic heterocycles. The van der Waals surface area contributed by atoms with Gasteiger partial charge in [0.05, 0.1) is 28.0 Å². The molecule has 0 bridgehead atoms. The van der Waals surface area contributed by atoms with E-state index in [1.807, 2.05) is 27.7 Å². The van der Waals surface area contributed by atoms with E-state index in [1.54, 1.807) is 26.0 Å². The molecule has 1 unspecified atom stereocenters. The van der Waals surface area contributed by atoms with Gasteiger partial charge in [0.15, 0.2) is 0 Å². The third-order valence-corrected chi connectivity index (χ3v) is 3.32. The number of benzene rings is 2. The van der Waals surface area contributed by atoms with Gasteiger partial charge < -0.3 is 4.74 Å². The fraction of sp³-hybridized carbons (Fsp3) is 0.400. The van der Waals surface area contributed by atoms with E-state index in [2.05, 4.69) is 0 Å². The van der Waals surface area contributed by atoms with Crippen LogP contribution in [0.25, 0.3) is 0 Å². The van der Waals surface area contributed by atoms with Gasteiger partial charge in [-0.15, -0.1) is 0 Å². The van der Waals surface area contributed by atoms with Gasteiger partial charge in [0.1, 0.15) is 17.7 Å². The van der Waals surface area contributed by atoms with Gasteiger partial charge in [-0.1, -0.05) is 53.7 Å². The first kappa shape index (κ1) is 25.0. The van der Waals surface area contributed by atoms with Crippen molar-refractivity contribution in [3.63, 3.8) is 0 Å². The van der Waals surface area contributed by atoms with Crippen LogP contribution in [0.3, 0.4) is 0 Å². The Kier molecular flexibility index (Phi) is 11.0. The number of hydrogen-bond acceptors (Lipinski definition) is 5. The Bertz CT molecular complexity index is 731. The van der Waals surface area contributed by atoms with Crippen molar-refractivity contribution in [1.82, 2.24) is 0 Å². The third kappa shape index (κ3) is 7.30. The Hall–Kier alpha value is -3.03. The number of non-ortho nitro benzene ring substituents is 2. The molecule has 0 amide bonds. The summed E-state index contributed by atoms with van der Waals surface area (Å²) in [6.45, 7) is 11.5. The molecule has 28 heavy (non-hydrogen) atoms. The molecular weight excluding hydrogens is 367 g/mol. The quantitative estimate of drug-likeness (QED) is 0.387. The number of nitrogens with zero attached hydrogens (tertiary/aromatic N) is 2. The van der Waals surface area contributed by atoms with E-state index in [1.165, 1.54) is 12.1 Å². The van der Waals surface area contributed by atoms with Crippen molar-refractivity contribution >= 4 is 11.4 Å². The molecule has 0 radical (unpaired) electrons. The van der Waals surface area contributed by atoms with Crippen LogP contribution in [-0.2, 0) is 0 Å². The zero-order valence-corrected chi connectivity index (χ0v) is 17.0. The van der Waals surface area contributed by atoms with Crippen LogP contribution >= 0.6 is 0 Å². The van der Waals surface area contributed by atoms with Gasteiger partial charge in [-0.25, -0.2) is 4.39 Å². The molecule has 0 spiro atoms. The molecule has 1 atom stereocenters. The van der Waals surface area contributed by atoms with E-state index in [4.69, 9.17) is 4.74 Å². The predicted octanol–water partition coefficient (Wildman–Crippen LogP) is 7.01. The molecule has 7 nitrogen and oxygen atoms in total. The van der Waals surface area contributed by atoms with Crippen molar-refractivity contribution < 1.29 is 19.0 Å². The third-order valence-electron chi connectivity index (χ3n) is 3.32. The van der Waals surface area contributed by atoms with Gasteiger partial charge in [-0.3, -0.25) is 20.2 Å². The summed E-state index contributed by atoms with van der Waals surface area (Å²) in [5.41, 5.74) is -0.402. The van der Waals surface area contributed by atoms with Gasteiger partial charge in [0.2, 0.25) is 0 Å². The Morgan fingerprint density at radius 2 is 1.25 bits per heavy atom. The highest BCUT2D eigenvalue weighted by Gasteiger charge is 2.18. The Balaban J connectivity index is 0.00000171. The molecule has 2 aromatic carbocycles. The number of rotatable bonds is 6. The molecule has 0 fully saturated rings. The minimum Gasteiger partial charge on any atom is -0.457 e. The van der Waals surface area contributed by atoms with Gasteiger partial charge >= 0.3 is 0 Å². The van der Waals surface area contributed by atoms with E-state index < -0.39 is 27.4 Å². The van der Waals surface area contributed by atoms with Crippen LogP contribution in [0.4, 0.5) is 15.8 Å². The van der Waals surface area contributed by atoms with Gasteiger partial charge in [0, 0.05) is 0 Å². The van der Waals surface area contributed by atoms with E-state index in [9.17, 15) is 24.6 Å². The largest absolute Gasteiger partial charge is 0.457 e. The second-order valence-electron chi connectivity index (χ2n) is 5.52. The first-order chi connectivity index (χ1) is 13.3. The maximum absolute atomic E-state index is 13.9. The molecule has 2 rings (SSSR count). The highest BCUT2D eigenvalue weighted by Crippen LogP contribution is 2.32. The molecule has 0 N–H and O–H groups in total. The van der Waals surface area contributed by atoms with Crippen molar-refractivity contribution in [3.8, 4) is 11.5 Å². The molecule has 2 aromatic rings. The van der Waals surface area contributed by atoms with Gasteiger partial charge in [0.25, 0.3) is 11.4 Å². The summed E-state index contributed by atoms with van der Waals surface area (Å²) >= 11 is 0. The SMILES string of the molecule is CC.CC.CC(C)C(F)c1ccc(Oc2cc([N+](=O)[O-])cc([N+](=O)[O-])c2)cc1. The number of hydrogen-bond donors (Lipinski definition) is 0. The number of nitro groups is 2. The van der Waals surface area contributed by atoms with Gasteiger partial charge in [-0.05, 0) is 23.6 Å². The molecule has 0 aliphatic carbocycles. The zero-order valence-electron chi connectivity index (χ0n) is 17.0. The summed E-state index contributed by atoms with van der Waals surface area (Å²) in [5, 5.41) is 21.7. The lowest BCUT2D eigenvalue weighted by molar-refractivity contribution is -0.394. The summed E-state index contributed by atoms with van der Waals surface area (Å²) in [7, 11) is 0. The van der Waals surface area contributed by atoms with Crippen molar-refractivity contribution in [2.24, 2.45) is 5.92 Å². The van der Waals surface area contributed by atoms with E-state index >= 15 is 0 Å². The van der Waals surface area contributed by atoms with Crippen LogP contribution in [0.2, 0.25) is 0 Å². The van der Waals surface area contributed by atoms with Crippen LogP contribution in [0.15, 0.2) is 42.5 Å². The molecule has 154 valence electrons. The first-order valence-electron chi connectivity index (χ1n) is 9.13. The van der Waals surface area contributed by atoms with Crippen molar-refractivity contribution in [2.45, 2.75) is 47.7 Å². The Labute approximate surface area is 164 Å². The minimum atomic E-state index is -1.11. The predicted molar refractivity (Wildman–Crippen MR) is 108 cm³/mol. The zero-order chi connectivity index (χ0) is 21.9. The molecule has 8 heteroatoms. The topological polar surface area (TPSA) is 95.5 Å². The Morgan fingerprint density at radius 1 is 0.821 bits per heavy atom. The molecule has 0 saturated carbocycles. The maximum atomic E-state index is 13.9. The van der Waals surface area contributed by atoms with E-state index in [0.717, 1.165) is 18.2 Å². The fourth-order valence-corrected chi connectivity index (χ4v) is 2.08. The molecule has 0 heterocycles. The summed E-state index contributed by atoms with van der Waals surface area (Å²) in [4.78, 5) is 20.2. The highest BCUT2D eigenvalue weighted by molar-refractivity contribution is 5.50. The number of halogens is 1. The van der Waals surface area contributed by atoms with Crippen LogP contribution in [0, 0.1) is 26.1 Å². The molecule has 0 aliphatic rings. The second kappa shape index (κ2) is 12.4. The average molecular weight is 394 g/mol. The van der Waals surface area contributed by atoms with Crippen LogP contribution in [0.1, 0.15) is 53.3 Å². The summed E-state index contributed by atoms with van der Waals surface area (Å²) in [6, 6.07) is 9.15. The monoisotopic (exact) mass is 394 g/mol. The lowest BCUT2D eigenvalue weighted by atomic mass is 10.0. The van der Waals surface area contributed by atoms with Crippen molar-refractivity contribution in [3.05, 3.63) is 68.3 Å². The standard InChI is InChI=1S/C16H15FN2O5.2C2H6/c1-10(2)16(17)11-3-5-14(6-4-11)24-15-8-12(18(20)21)7-13(9-15)19(22)23;2*1-2/h3-10,16H,1-2H3;2*1-2H3. The number of nitro benzene ring substituents is 2. The summed E-state index contributed by atoms with van der Waals surface area (Å²) in [6.07, 6.45) is -1.11. The minimum absolute atomic E-state index is 0.0377. The lowest BCUT2D eigenvalue weighted by Gasteiger charge is -2.13. The van der Waals surface area contributed by atoms with Crippen molar-refractivity contribution in [1.29, 1.82) is 0 Å². The molecule has 0 saturated heterocycles. The van der Waals surface area contributed by atoms with Crippen LogP contribution < -0.4 is 4.74 Å². The van der Waals surface area contributed by atoms with Gasteiger partial charge in [-0.2, -0.15) is 0 Å². The molecule has 0 aliphatic heterocycles. The summed E-state index contributed by atoms with van der Waals surface area (Å²) in [5.74, 6) is 0.0880. The average Bonchev–Trinajstić information content (AvgIpc) is 2.70. The lowest BCUT2D eigenvalue weighted by Crippen LogP contribution is -2.00. The Morgan fingerprint density at radius 3 is 1.61 bits per heavy atom. The van der Waals surface area contributed by atoms with Crippen molar-refractivity contribution in [2.75, 3.05) is 0 Å². The molecular formula is C20H27FN2O5. The normalized spacial score (nSPS) is 10.7. The van der Waals surface area contributed by atoms with Crippen LogP contribution in [0.5, 0.6) is 11.5 Å². The summed E-state index contributed by atoms with van der Waals surface area (Å²) < 4.78 is 19.3. The second-order valence-corrected chi connectivity index (χ2v) is 5.52. The number of ether oxygens (including phenoxy) is 1. The van der Waals surface area contributed by atoms with E-state index in [0.29, 0.717) is 11.3 Å². The number of alkyl halides is 1. The highest BCUT2D eigenvalue weighted by atomic mass is 19.1. The maximum Gasteiger partial charge on any atom is 0.280 e. The first-order valence-corrected chi connectivity index (χ1v) is 9.13. The fourth-order valence-electron chi connectivity index (χ4n) is 2.08. The van der Waals surface area contributed by atoms with E-state index in [-0.39, 0.29) is 11.7 Å².